The number of benzene rings is 3. The fourth-order valence-electron chi connectivity index (χ4n) is 4.17. The van der Waals surface area contributed by atoms with E-state index in [1.807, 2.05) is 60.7 Å². The molecule has 1 atom stereocenters. The van der Waals surface area contributed by atoms with E-state index in [2.05, 4.69) is 67.4 Å². The summed E-state index contributed by atoms with van der Waals surface area (Å²) in [6.07, 6.45) is 8.38. The predicted octanol–water partition coefficient (Wildman–Crippen LogP) is 8.07. The maximum atomic E-state index is 14.9. The Hall–Kier alpha value is -2.13. The highest BCUT2D eigenvalue weighted by atomic mass is 79.9. The molecule has 0 aliphatic carbocycles. The molecule has 0 spiro atoms. The van der Waals surface area contributed by atoms with Crippen LogP contribution < -0.4 is 9.97 Å². The van der Waals surface area contributed by atoms with Crippen LogP contribution in [0, 0.1) is 0 Å². The number of halogens is 2. The third kappa shape index (κ3) is 3.10. The lowest BCUT2D eigenvalue weighted by atomic mass is 10.0. The van der Waals surface area contributed by atoms with E-state index in [4.69, 9.17) is 0 Å². The van der Waals surface area contributed by atoms with Crippen LogP contribution in [0.3, 0.4) is 0 Å². The molecule has 2 aliphatic rings. The molecule has 0 radical (unpaired) electrons. The van der Waals surface area contributed by atoms with Crippen LogP contribution in [0.25, 0.3) is 16.7 Å². The first-order valence-electron chi connectivity index (χ1n) is 9.60. The van der Waals surface area contributed by atoms with E-state index in [1.165, 1.54) is 0 Å². The first-order chi connectivity index (χ1) is 14.5. The van der Waals surface area contributed by atoms with E-state index < -0.39 is 7.29 Å². The minimum atomic E-state index is -3.01. The van der Waals surface area contributed by atoms with Crippen LogP contribution in [0.4, 0.5) is 11.4 Å². The Bertz CT molecular complexity index is 1310. The highest BCUT2D eigenvalue weighted by molar-refractivity contribution is 9.10. The van der Waals surface area contributed by atoms with E-state index >= 15 is 0 Å². The van der Waals surface area contributed by atoms with Crippen LogP contribution in [0.1, 0.15) is 5.56 Å². The SMILES string of the molecule is C=C1/C=C\C=C/CP2(=O)c3ccccc3-c3cc(Br)ccc3N2c2ccc(Br)cc21. The van der Waals surface area contributed by atoms with Gasteiger partial charge in [-0.15, -0.1) is 0 Å². The van der Waals surface area contributed by atoms with Crippen LogP contribution in [0.2, 0.25) is 0 Å². The lowest BCUT2D eigenvalue weighted by Crippen LogP contribution is -2.29. The van der Waals surface area contributed by atoms with Crippen molar-refractivity contribution >= 4 is 61.4 Å². The first-order valence-corrected chi connectivity index (χ1v) is 13.0. The summed E-state index contributed by atoms with van der Waals surface area (Å²) in [5, 5.41) is 0.893. The molecular weight excluding hydrogens is 521 g/mol. The molecule has 0 N–H and O–H groups in total. The molecule has 0 saturated carbocycles. The van der Waals surface area contributed by atoms with Gasteiger partial charge in [-0.2, -0.15) is 0 Å². The second-order valence-corrected chi connectivity index (χ2v) is 11.8. The average Bonchev–Trinajstić information content (AvgIpc) is 2.74. The number of fused-ring (bicyclic) bond motifs is 8. The topological polar surface area (TPSA) is 20.3 Å². The van der Waals surface area contributed by atoms with Crippen molar-refractivity contribution in [2.75, 3.05) is 10.8 Å². The van der Waals surface area contributed by atoms with E-state index in [0.717, 1.165) is 47.9 Å². The van der Waals surface area contributed by atoms with Crippen molar-refractivity contribution in [3.05, 3.63) is 106 Å². The summed E-state index contributed by atoms with van der Waals surface area (Å²) in [7, 11) is -3.01. The third-order valence-corrected chi connectivity index (χ3v) is 9.42. The Morgan fingerprint density at radius 1 is 0.833 bits per heavy atom. The van der Waals surface area contributed by atoms with E-state index in [1.54, 1.807) is 0 Å². The van der Waals surface area contributed by atoms with Gasteiger partial charge in [0, 0.05) is 31.5 Å². The number of nitrogens with zero attached hydrogens (tertiary/aromatic N) is 1. The fraction of sp³-hybridized carbons (Fsp3) is 0.0400. The maximum absolute atomic E-state index is 14.9. The highest BCUT2D eigenvalue weighted by Crippen LogP contribution is 2.63. The molecule has 5 heteroatoms. The van der Waals surface area contributed by atoms with Crippen molar-refractivity contribution in [1.29, 1.82) is 0 Å². The molecule has 0 aromatic heterocycles. The standard InChI is InChI=1S/C25H18Br2NOP/c1-17-7-3-2-6-14-30(29)25-9-5-4-8-20(25)22-16-19(27)11-13-24(22)28(30)23-12-10-18(26)15-21(17)23/h2-13,15-16H,1,14H2/b6-2-,7-3-. The van der Waals surface area contributed by atoms with Crippen molar-refractivity contribution in [1.82, 2.24) is 0 Å². The molecular formula is C25H18Br2NOP. The number of rotatable bonds is 0. The van der Waals surface area contributed by atoms with E-state index in [-0.39, 0.29) is 0 Å². The highest BCUT2D eigenvalue weighted by Gasteiger charge is 2.41. The Morgan fingerprint density at radius 3 is 2.27 bits per heavy atom. The summed E-state index contributed by atoms with van der Waals surface area (Å²) in [5.41, 5.74) is 5.81. The van der Waals surface area contributed by atoms with Crippen molar-refractivity contribution in [3.8, 4) is 11.1 Å². The third-order valence-electron chi connectivity index (χ3n) is 5.51. The zero-order valence-electron chi connectivity index (χ0n) is 16.1. The Kier molecular flexibility index (Phi) is 4.97. The van der Waals surface area contributed by atoms with Gasteiger partial charge in [-0.1, -0.05) is 80.9 Å². The lowest BCUT2D eigenvalue weighted by Gasteiger charge is -2.41. The lowest BCUT2D eigenvalue weighted by molar-refractivity contribution is 0.582. The van der Waals surface area contributed by atoms with Gasteiger partial charge in [-0.05, 0) is 53.6 Å². The summed E-state index contributed by atoms with van der Waals surface area (Å²) in [6, 6.07) is 20.3. The molecule has 0 fully saturated rings. The predicted molar refractivity (Wildman–Crippen MR) is 135 cm³/mol. The van der Waals surface area contributed by atoms with Gasteiger partial charge in [-0.25, -0.2) is 0 Å². The summed E-state index contributed by atoms with van der Waals surface area (Å²) in [4.78, 5) is 0. The average molecular weight is 539 g/mol. The number of allylic oxidation sites excluding steroid dienone is 5. The molecule has 2 aliphatic heterocycles. The smallest absolute Gasteiger partial charge is 0.209 e. The Labute approximate surface area is 193 Å². The molecule has 2 heterocycles. The second kappa shape index (κ2) is 7.53. The summed E-state index contributed by atoms with van der Waals surface area (Å²) in [6.45, 7) is 4.28. The zero-order chi connectivity index (χ0) is 20.9. The second-order valence-electron chi connectivity index (χ2n) is 7.35. The van der Waals surface area contributed by atoms with Gasteiger partial charge in [0.05, 0.1) is 11.4 Å². The molecule has 148 valence electrons. The van der Waals surface area contributed by atoms with Gasteiger partial charge in [0.15, 0.2) is 0 Å². The van der Waals surface area contributed by atoms with Crippen molar-refractivity contribution < 1.29 is 4.57 Å². The molecule has 1 unspecified atom stereocenters. The number of hydrogen-bond donors (Lipinski definition) is 0. The fourth-order valence-corrected chi connectivity index (χ4v) is 7.81. The van der Waals surface area contributed by atoms with Gasteiger partial charge < -0.3 is 0 Å². The summed E-state index contributed by atoms with van der Waals surface area (Å²) in [5.74, 6) is 0. The molecule has 3 aromatic rings. The minimum Gasteiger partial charge on any atom is -0.294 e. The molecule has 0 amide bonds. The normalized spacial score (nSPS) is 21.7. The minimum absolute atomic E-state index is 0.450. The first kappa shape index (κ1) is 19.8. The monoisotopic (exact) mass is 537 g/mol. The Morgan fingerprint density at radius 2 is 1.50 bits per heavy atom. The van der Waals surface area contributed by atoms with Gasteiger partial charge >= 0.3 is 0 Å². The van der Waals surface area contributed by atoms with Crippen LogP contribution in [0.5, 0.6) is 0 Å². The van der Waals surface area contributed by atoms with Crippen LogP contribution in [-0.4, -0.2) is 6.16 Å². The van der Waals surface area contributed by atoms with Crippen LogP contribution in [0.15, 0.2) is 100 Å². The zero-order valence-corrected chi connectivity index (χ0v) is 20.1. The Balaban J connectivity index is 1.92. The molecule has 2 nitrogen and oxygen atoms in total. The summed E-state index contributed by atoms with van der Waals surface area (Å²) < 4.78 is 18.9. The molecule has 5 rings (SSSR count). The molecule has 30 heavy (non-hydrogen) atoms. The van der Waals surface area contributed by atoms with E-state index in [9.17, 15) is 4.57 Å². The van der Waals surface area contributed by atoms with E-state index in [0.29, 0.717) is 6.16 Å². The van der Waals surface area contributed by atoms with Gasteiger partial charge in [0.25, 0.3) is 0 Å². The summed E-state index contributed by atoms with van der Waals surface area (Å²) >= 11 is 7.21. The van der Waals surface area contributed by atoms with Crippen molar-refractivity contribution in [2.45, 2.75) is 0 Å². The van der Waals surface area contributed by atoms with Gasteiger partial charge in [-0.3, -0.25) is 9.24 Å². The van der Waals surface area contributed by atoms with Crippen molar-refractivity contribution in [3.63, 3.8) is 0 Å². The van der Waals surface area contributed by atoms with Crippen LogP contribution >= 0.6 is 39.2 Å². The maximum Gasteiger partial charge on any atom is 0.209 e. The molecule has 0 saturated heterocycles. The number of hydrogen-bond acceptors (Lipinski definition) is 1. The van der Waals surface area contributed by atoms with Crippen molar-refractivity contribution in [2.24, 2.45) is 0 Å². The number of anilines is 2. The van der Waals surface area contributed by atoms with Gasteiger partial charge in [0.2, 0.25) is 7.29 Å². The quantitative estimate of drug-likeness (QED) is 0.270. The molecule has 0 bridgehead atoms. The van der Waals surface area contributed by atoms with Crippen LogP contribution in [-0.2, 0) is 4.57 Å². The molecule has 3 aromatic carbocycles. The largest absolute Gasteiger partial charge is 0.294 e. The van der Waals surface area contributed by atoms with Gasteiger partial charge in [0.1, 0.15) is 0 Å².